The van der Waals surface area contributed by atoms with Crippen LogP contribution in [0.25, 0.3) is 22.8 Å². The summed E-state index contributed by atoms with van der Waals surface area (Å²) in [6.07, 6.45) is 0. The van der Waals surface area contributed by atoms with Gasteiger partial charge in [-0.1, -0.05) is 28.4 Å². The van der Waals surface area contributed by atoms with Crippen molar-refractivity contribution in [3.63, 3.8) is 0 Å². The van der Waals surface area contributed by atoms with Crippen molar-refractivity contribution in [3.05, 3.63) is 46.4 Å². The van der Waals surface area contributed by atoms with E-state index in [0.29, 0.717) is 44.3 Å². The van der Waals surface area contributed by atoms with E-state index in [1.807, 2.05) is 0 Å². The lowest BCUT2D eigenvalue weighted by Crippen LogP contribution is -1.91. The number of benzene rings is 2. The first-order valence-electron chi connectivity index (χ1n) is 5.98. The summed E-state index contributed by atoms with van der Waals surface area (Å²) in [5.74, 6) is 0.704. The second-order valence-corrected chi connectivity index (χ2v) is 5.34. The summed E-state index contributed by atoms with van der Waals surface area (Å²) >= 11 is 11.9. The van der Waals surface area contributed by atoms with E-state index in [1.54, 1.807) is 36.4 Å². The molecule has 7 heteroatoms. The molecule has 3 rings (SSSR count). The first kappa shape index (κ1) is 13.7. The zero-order valence-corrected chi connectivity index (χ0v) is 12.2. The van der Waals surface area contributed by atoms with E-state index in [4.69, 9.17) is 39.2 Å². The lowest BCUT2D eigenvalue weighted by Gasteiger charge is -1.99. The van der Waals surface area contributed by atoms with Crippen LogP contribution in [-0.4, -0.2) is 10.1 Å². The molecular weight excluding hydrogens is 311 g/mol. The Balaban J connectivity index is 2.03. The topological polar surface area (TPSA) is 91.0 Å². The van der Waals surface area contributed by atoms with Gasteiger partial charge in [0, 0.05) is 32.5 Å². The second-order valence-electron chi connectivity index (χ2n) is 4.47. The van der Waals surface area contributed by atoms with Gasteiger partial charge >= 0.3 is 0 Å². The number of aromatic nitrogens is 2. The van der Waals surface area contributed by atoms with Gasteiger partial charge in [0.1, 0.15) is 0 Å². The predicted molar refractivity (Wildman–Crippen MR) is 84.0 cm³/mol. The largest absolute Gasteiger partial charge is 0.399 e. The van der Waals surface area contributed by atoms with Gasteiger partial charge in [-0.25, -0.2) is 0 Å². The van der Waals surface area contributed by atoms with Crippen LogP contribution in [0.4, 0.5) is 11.4 Å². The fourth-order valence-corrected chi connectivity index (χ4v) is 2.47. The van der Waals surface area contributed by atoms with Gasteiger partial charge in [-0.05, 0) is 36.4 Å². The van der Waals surface area contributed by atoms with Crippen molar-refractivity contribution < 1.29 is 4.52 Å². The van der Waals surface area contributed by atoms with E-state index in [9.17, 15) is 0 Å². The standard InChI is InChI=1S/C14H10Cl2N4O/c15-9-1-7(2-10(16)5-9)13-19-14(21-20-13)8-3-11(17)6-12(18)4-8/h1-6H,17-18H2. The Morgan fingerprint density at radius 3 is 2.05 bits per heavy atom. The number of anilines is 2. The molecule has 0 radical (unpaired) electrons. The molecule has 0 amide bonds. The normalized spacial score (nSPS) is 10.8. The number of nitrogens with two attached hydrogens (primary N) is 2. The molecule has 106 valence electrons. The quantitative estimate of drug-likeness (QED) is 0.699. The Hall–Kier alpha value is -2.24. The molecule has 0 saturated carbocycles. The Bertz CT molecular complexity index is 710. The number of nitrogens with zero attached hydrogens (tertiary/aromatic N) is 2. The van der Waals surface area contributed by atoms with Gasteiger partial charge in [0.2, 0.25) is 5.82 Å². The van der Waals surface area contributed by atoms with Gasteiger partial charge in [-0.15, -0.1) is 0 Å². The Kier molecular flexibility index (Phi) is 3.45. The lowest BCUT2D eigenvalue weighted by atomic mass is 10.1. The summed E-state index contributed by atoms with van der Waals surface area (Å²) in [6.45, 7) is 0. The Labute approximate surface area is 130 Å². The third-order valence-electron chi connectivity index (χ3n) is 2.77. The molecule has 2 aromatic carbocycles. The van der Waals surface area contributed by atoms with Crippen molar-refractivity contribution in [2.24, 2.45) is 0 Å². The highest BCUT2D eigenvalue weighted by Crippen LogP contribution is 2.28. The van der Waals surface area contributed by atoms with Crippen LogP contribution in [0.3, 0.4) is 0 Å². The summed E-state index contributed by atoms with van der Waals surface area (Å²) in [4.78, 5) is 4.31. The van der Waals surface area contributed by atoms with Crippen LogP contribution in [0, 0.1) is 0 Å². The van der Waals surface area contributed by atoms with E-state index in [0.717, 1.165) is 0 Å². The summed E-state index contributed by atoms with van der Waals surface area (Å²) in [6, 6.07) is 10.1. The second kappa shape index (κ2) is 5.27. The third kappa shape index (κ3) is 2.94. The average molecular weight is 321 g/mol. The Morgan fingerprint density at radius 1 is 0.810 bits per heavy atom. The molecule has 0 spiro atoms. The van der Waals surface area contributed by atoms with Crippen LogP contribution in [-0.2, 0) is 0 Å². The number of nitrogen functional groups attached to an aromatic ring is 2. The molecule has 1 heterocycles. The zero-order valence-electron chi connectivity index (χ0n) is 10.7. The molecule has 0 aliphatic heterocycles. The highest BCUT2D eigenvalue weighted by Gasteiger charge is 2.12. The van der Waals surface area contributed by atoms with E-state index < -0.39 is 0 Å². The predicted octanol–water partition coefficient (Wildman–Crippen LogP) is 3.87. The smallest absolute Gasteiger partial charge is 0.258 e. The highest BCUT2D eigenvalue weighted by atomic mass is 35.5. The van der Waals surface area contributed by atoms with Crippen molar-refractivity contribution in [2.75, 3.05) is 11.5 Å². The van der Waals surface area contributed by atoms with Crippen LogP contribution >= 0.6 is 23.2 Å². The molecule has 21 heavy (non-hydrogen) atoms. The maximum atomic E-state index is 5.96. The summed E-state index contributed by atoms with van der Waals surface area (Å²) in [7, 11) is 0. The van der Waals surface area contributed by atoms with E-state index in [2.05, 4.69) is 10.1 Å². The molecule has 3 aromatic rings. The monoisotopic (exact) mass is 320 g/mol. The molecule has 4 N–H and O–H groups in total. The van der Waals surface area contributed by atoms with Crippen molar-refractivity contribution in [2.45, 2.75) is 0 Å². The van der Waals surface area contributed by atoms with Gasteiger partial charge < -0.3 is 16.0 Å². The zero-order chi connectivity index (χ0) is 15.0. The molecule has 0 fully saturated rings. The fourth-order valence-electron chi connectivity index (χ4n) is 1.94. The molecule has 0 saturated heterocycles. The first-order valence-corrected chi connectivity index (χ1v) is 6.73. The van der Waals surface area contributed by atoms with Crippen molar-refractivity contribution >= 4 is 34.6 Å². The number of hydrogen-bond donors (Lipinski definition) is 2. The van der Waals surface area contributed by atoms with Crippen molar-refractivity contribution in [3.8, 4) is 22.8 Å². The maximum Gasteiger partial charge on any atom is 0.258 e. The van der Waals surface area contributed by atoms with Crippen LogP contribution in [0.2, 0.25) is 10.0 Å². The highest BCUT2D eigenvalue weighted by molar-refractivity contribution is 6.35. The van der Waals surface area contributed by atoms with Gasteiger partial charge in [-0.2, -0.15) is 4.98 Å². The minimum Gasteiger partial charge on any atom is -0.399 e. The average Bonchev–Trinajstić information content (AvgIpc) is 2.85. The molecule has 0 unspecified atom stereocenters. The molecule has 0 aliphatic rings. The first-order chi connectivity index (χ1) is 10.0. The van der Waals surface area contributed by atoms with Gasteiger partial charge in [0.25, 0.3) is 5.89 Å². The van der Waals surface area contributed by atoms with Crippen molar-refractivity contribution in [1.82, 2.24) is 10.1 Å². The van der Waals surface area contributed by atoms with Crippen molar-refractivity contribution in [1.29, 1.82) is 0 Å². The number of hydrogen-bond acceptors (Lipinski definition) is 5. The maximum absolute atomic E-state index is 5.96. The third-order valence-corrected chi connectivity index (χ3v) is 3.21. The Morgan fingerprint density at radius 2 is 1.43 bits per heavy atom. The summed E-state index contributed by atoms with van der Waals surface area (Å²) in [5.41, 5.74) is 13.9. The summed E-state index contributed by atoms with van der Waals surface area (Å²) < 4.78 is 5.24. The molecule has 0 aliphatic carbocycles. The van der Waals surface area contributed by atoms with E-state index in [1.165, 1.54) is 0 Å². The molecule has 5 nitrogen and oxygen atoms in total. The van der Waals surface area contributed by atoms with E-state index in [-0.39, 0.29) is 0 Å². The number of halogens is 2. The van der Waals surface area contributed by atoms with Crippen LogP contribution in [0.15, 0.2) is 40.9 Å². The fraction of sp³-hybridized carbons (Fsp3) is 0. The minimum atomic E-state index is 0.320. The van der Waals surface area contributed by atoms with Crippen LogP contribution < -0.4 is 11.5 Å². The van der Waals surface area contributed by atoms with E-state index >= 15 is 0 Å². The molecule has 0 atom stereocenters. The van der Waals surface area contributed by atoms with Gasteiger partial charge in [0.05, 0.1) is 0 Å². The van der Waals surface area contributed by atoms with Gasteiger partial charge in [0.15, 0.2) is 0 Å². The SMILES string of the molecule is Nc1cc(N)cc(-c2nc(-c3cc(Cl)cc(Cl)c3)no2)c1. The number of rotatable bonds is 2. The minimum absolute atomic E-state index is 0.320. The van der Waals surface area contributed by atoms with Gasteiger partial charge in [-0.3, -0.25) is 0 Å². The van der Waals surface area contributed by atoms with Crippen LogP contribution in [0.5, 0.6) is 0 Å². The summed E-state index contributed by atoms with van der Waals surface area (Å²) in [5, 5.41) is 4.91. The lowest BCUT2D eigenvalue weighted by molar-refractivity contribution is 0.432. The van der Waals surface area contributed by atoms with Crippen LogP contribution in [0.1, 0.15) is 0 Å². The molecule has 1 aromatic heterocycles. The molecular formula is C14H10Cl2N4O. The molecule has 0 bridgehead atoms.